The predicted molar refractivity (Wildman–Crippen MR) is 125 cm³/mol. The summed E-state index contributed by atoms with van der Waals surface area (Å²) in [5.74, 6) is 0.722. The van der Waals surface area contributed by atoms with Crippen LogP contribution in [0.3, 0.4) is 0 Å². The van der Waals surface area contributed by atoms with Crippen molar-refractivity contribution in [2.45, 2.75) is 26.3 Å². The van der Waals surface area contributed by atoms with E-state index in [0.29, 0.717) is 12.1 Å². The highest BCUT2D eigenvalue weighted by Gasteiger charge is 2.11. The van der Waals surface area contributed by atoms with Gasteiger partial charge >= 0.3 is 0 Å². The van der Waals surface area contributed by atoms with E-state index in [4.69, 9.17) is 4.99 Å². The van der Waals surface area contributed by atoms with Crippen molar-refractivity contribution in [1.29, 1.82) is 0 Å². The molecule has 30 heavy (non-hydrogen) atoms. The third kappa shape index (κ3) is 5.38. The number of nitrogens with zero attached hydrogens (tertiary/aromatic N) is 1. The van der Waals surface area contributed by atoms with E-state index in [1.807, 2.05) is 24.3 Å². The summed E-state index contributed by atoms with van der Waals surface area (Å²) in [7, 11) is 1.64. The van der Waals surface area contributed by atoms with Gasteiger partial charge in [0.15, 0.2) is 5.96 Å². The molecular formula is C25H30N4O. The third-order valence-corrected chi connectivity index (χ3v) is 5.07. The number of aliphatic imine (C=N–C) groups is 1. The fourth-order valence-electron chi connectivity index (χ4n) is 3.54. The molecule has 3 aromatic rings. The fourth-order valence-corrected chi connectivity index (χ4v) is 3.54. The molecule has 0 aliphatic carbocycles. The molecule has 0 aliphatic rings. The maximum atomic E-state index is 11.8. The molecule has 5 nitrogen and oxygen atoms in total. The molecule has 5 heteroatoms. The highest BCUT2D eigenvalue weighted by atomic mass is 16.1. The molecular weight excluding hydrogens is 372 g/mol. The van der Waals surface area contributed by atoms with Gasteiger partial charge in [-0.15, -0.1) is 0 Å². The van der Waals surface area contributed by atoms with Crippen LogP contribution in [0.4, 0.5) is 0 Å². The van der Waals surface area contributed by atoms with E-state index in [2.05, 4.69) is 72.3 Å². The topological polar surface area (TPSA) is 65.5 Å². The second kappa shape index (κ2) is 10.4. The van der Waals surface area contributed by atoms with Crippen molar-refractivity contribution in [2.75, 3.05) is 20.1 Å². The standard InChI is InChI=1S/C25H30N4O/c1-4-27-25(28-16-15-19-9-7-12-21(17-19)24(30)26-3)29-18(2)22-14-8-11-20-10-5-6-13-23(20)22/h5-14,17-18H,4,15-16H2,1-3H3,(H,26,30)(H2,27,28,29). The average Bonchev–Trinajstić information content (AvgIpc) is 2.78. The van der Waals surface area contributed by atoms with Crippen molar-refractivity contribution in [2.24, 2.45) is 4.99 Å². The van der Waals surface area contributed by atoms with Gasteiger partial charge in [0.05, 0.1) is 6.04 Å². The number of nitrogens with one attached hydrogen (secondary N) is 3. The van der Waals surface area contributed by atoms with Crippen LogP contribution < -0.4 is 16.0 Å². The Morgan fingerprint density at radius 1 is 1.03 bits per heavy atom. The van der Waals surface area contributed by atoms with Gasteiger partial charge in [-0.05, 0) is 54.3 Å². The summed E-state index contributed by atoms with van der Waals surface area (Å²) in [5, 5.41) is 12.0. The number of carbonyl (C=O) groups is 1. The smallest absolute Gasteiger partial charge is 0.251 e. The molecule has 3 N–H and O–H groups in total. The molecule has 1 atom stereocenters. The highest BCUT2D eigenvalue weighted by Crippen LogP contribution is 2.23. The molecule has 0 aliphatic heterocycles. The molecule has 0 radical (unpaired) electrons. The van der Waals surface area contributed by atoms with Gasteiger partial charge in [0.2, 0.25) is 0 Å². The first-order chi connectivity index (χ1) is 14.6. The molecule has 0 heterocycles. The summed E-state index contributed by atoms with van der Waals surface area (Å²) in [5.41, 5.74) is 3.02. The van der Waals surface area contributed by atoms with Crippen LogP contribution in [0.2, 0.25) is 0 Å². The number of rotatable bonds is 7. The van der Waals surface area contributed by atoms with Gasteiger partial charge in [-0.2, -0.15) is 0 Å². The minimum atomic E-state index is -0.0701. The molecule has 0 aromatic heterocycles. The Balaban J connectivity index is 1.69. The van der Waals surface area contributed by atoms with Crippen LogP contribution in [0, 0.1) is 0 Å². The Bertz CT molecular complexity index is 1020. The van der Waals surface area contributed by atoms with Crippen LogP contribution in [0.1, 0.15) is 41.4 Å². The van der Waals surface area contributed by atoms with Crippen molar-refractivity contribution < 1.29 is 4.79 Å². The average molecular weight is 403 g/mol. The van der Waals surface area contributed by atoms with Gasteiger partial charge in [-0.1, -0.05) is 54.6 Å². The molecule has 1 unspecified atom stereocenters. The molecule has 0 spiro atoms. The zero-order valence-corrected chi connectivity index (χ0v) is 17.9. The zero-order valence-electron chi connectivity index (χ0n) is 17.9. The monoisotopic (exact) mass is 402 g/mol. The van der Waals surface area contributed by atoms with Crippen LogP contribution in [0.15, 0.2) is 71.7 Å². The lowest BCUT2D eigenvalue weighted by molar-refractivity contribution is 0.0963. The Morgan fingerprint density at radius 2 is 1.80 bits per heavy atom. The Hall–Kier alpha value is -3.34. The largest absolute Gasteiger partial charge is 0.357 e. The van der Waals surface area contributed by atoms with Gasteiger partial charge < -0.3 is 16.0 Å². The number of hydrogen-bond donors (Lipinski definition) is 3. The van der Waals surface area contributed by atoms with Gasteiger partial charge in [-0.25, -0.2) is 0 Å². The van der Waals surface area contributed by atoms with Crippen LogP contribution in [-0.4, -0.2) is 32.0 Å². The molecule has 0 bridgehead atoms. The lowest BCUT2D eigenvalue weighted by Gasteiger charge is -2.20. The Kier molecular flexibility index (Phi) is 7.44. The van der Waals surface area contributed by atoms with Crippen molar-refractivity contribution >= 4 is 22.6 Å². The lowest BCUT2D eigenvalue weighted by Crippen LogP contribution is -2.39. The Morgan fingerprint density at radius 3 is 2.60 bits per heavy atom. The number of fused-ring (bicyclic) bond motifs is 1. The molecule has 156 valence electrons. The third-order valence-electron chi connectivity index (χ3n) is 5.07. The highest BCUT2D eigenvalue weighted by molar-refractivity contribution is 5.94. The van der Waals surface area contributed by atoms with E-state index >= 15 is 0 Å². The molecule has 3 rings (SSSR count). The second-order valence-corrected chi connectivity index (χ2v) is 7.22. The summed E-state index contributed by atoms with van der Waals surface area (Å²) in [6, 6.07) is 22.6. The summed E-state index contributed by atoms with van der Waals surface area (Å²) in [6.07, 6.45) is 0.768. The number of benzene rings is 3. The van der Waals surface area contributed by atoms with Gasteiger partial charge in [0, 0.05) is 25.7 Å². The van der Waals surface area contributed by atoms with Crippen LogP contribution >= 0.6 is 0 Å². The van der Waals surface area contributed by atoms with Crippen molar-refractivity contribution in [3.63, 3.8) is 0 Å². The second-order valence-electron chi connectivity index (χ2n) is 7.22. The summed E-state index contributed by atoms with van der Waals surface area (Å²) in [4.78, 5) is 16.6. The first-order valence-electron chi connectivity index (χ1n) is 10.5. The van der Waals surface area contributed by atoms with Crippen molar-refractivity contribution in [1.82, 2.24) is 16.0 Å². The van der Waals surface area contributed by atoms with E-state index < -0.39 is 0 Å². The maximum absolute atomic E-state index is 11.8. The van der Waals surface area contributed by atoms with Crippen LogP contribution in [0.5, 0.6) is 0 Å². The first-order valence-corrected chi connectivity index (χ1v) is 10.5. The quantitative estimate of drug-likeness (QED) is 0.412. The molecule has 3 aromatic carbocycles. The number of carbonyl (C=O) groups excluding carboxylic acids is 1. The molecule has 0 fully saturated rings. The van der Waals surface area contributed by atoms with Crippen LogP contribution in [-0.2, 0) is 6.42 Å². The first kappa shape index (κ1) is 21.4. The summed E-state index contributed by atoms with van der Waals surface area (Å²) in [6.45, 7) is 5.64. The number of guanidine groups is 1. The lowest BCUT2D eigenvalue weighted by atomic mass is 10.00. The van der Waals surface area contributed by atoms with Gasteiger partial charge in [0.1, 0.15) is 0 Å². The summed E-state index contributed by atoms with van der Waals surface area (Å²) >= 11 is 0. The SMILES string of the molecule is CCNC(=NCCc1cccc(C(=O)NC)c1)NC(C)c1cccc2ccccc12. The zero-order chi connectivity index (χ0) is 21.3. The molecule has 1 amide bonds. The fraction of sp³-hybridized carbons (Fsp3) is 0.280. The van der Waals surface area contributed by atoms with E-state index in [1.165, 1.54) is 16.3 Å². The minimum Gasteiger partial charge on any atom is -0.357 e. The van der Waals surface area contributed by atoms with Crippen LogP contribution in [0.25, 0.3) is 10.8 Å². The van der Waals surface area contributed by atoms with E-state index in [9.17, 15) is 4.79 Å². The maximum Gasteiger partial charge on any atom is 0.251 e. The number of amides is 1. The normalized spacial score (nSPS) is 12.4. The van der Waals surface area contributed by atoms with E-state index in [1.54, 1.807) is 7.05 Å². The van der Waals surface area contributed by atoms with Gasteiger partial charge in [-0.3, -0.25) is 9.79 Å². The molecule has 0 saturated carbocycles. The Labute approximate surface area is 178 Å². The summed E-state index contributed by atoms with van der Waals surface area (Å²) < 4.78 is 0. The van der Waals surface area contributed by atoms with Crippen molar-refractivity contribution in [3.05, 3.63) is 83.4 Å². The van der Waals surface area contributed by atoms with E-state index in [-0.39, 0.29) is 11.9 Å². The minimum absolute atomic E-state index is 0.0701. The predicted octanol–water partition coefficient (Wildman–Crippen LogP) is 4.06. The number of hydrogen-bond acceptors (Lipinski definition) is 2. The van der Waals surface area contributed by atoms with Crippen molar-refractivity contribution in [3.8, 4) is 0 Å². The van der Waals surface area contributed by atoms with E-state index in [0.717, 1.165) is 24.5 Å². The molecule has 0 saturated heterocycles. The van der Waals surface area contributed by atoms with Gasteiger partial charge in [0.25, 0.3) is 5.91 Å².